The molecule has 0 N–H and O–H groups in total. The van der Waals surface area contributed by atoms with Crippen LogP contribution in [0.25, 0.3) is 6.08 Å². The maximum absolute atomic E-state index is 11.7. The van der Waals surface area contributed by atoms with E-state index in [0.29, 0.717) is 0 Å². The van der Waals surface area contributed by atoms with Crippen molar-refractivity contribution in [1.29, 1.82) is 0 Å². The average molecular weight is 192 g/mol. The first-order valence-corrected chi connectivity index (χ1v) is 3.53. The van der Waals surface area contributed by atoms with Crippen LogP contribution in [0.5, 0.6) is 0 Å². The quantitative estimate of drug-likeness (QED) is 0.736. The number of nitrogens with zero attached hydrogens (tertiary/aromatic N) is 2. The maximum Gasteiger partial charge on any atom is 0.389 e. The van der Waals surface area contributed by atoms with Crippen LogP contribution in [0.2, 0.25) is 0 Å². The average Bonchev–Trinajstić information content (AvgIpc) is 2.47. The zero-order valence-corrected chi connectivity index (χ0v) is 6.64. The number of aromatic nitrogens is 2. The third kappa shape index (κ3) is 3.27. The van der Waals surface area contributed by atoms with Crippen molar-refractivity contribution in [2.45, 2.75) is 19.0 Å². The highest BCUT2D eigenvalue weighted by Gasteiger charge is 2.27. The summed E-state index contributed by atoms with van der Waals surface area (Å²) in [7, 11) is 0. The largest absolute Gasteiger partial charge is 0.389 e. The molecule has 13 heavy (non-hydrogen) atoms. The van der Waals surface area contributed by atoms with Crippen molar-refractivity contribution in [2.24, 2.45) is 0 Å². The summed E-state index contributed by atoms with van der Waals surface area (Å²) in [6.07, 6.45) is -4.11. The van der Waals surface area contributed by atoms with Crippen molar-refractivity contribution in [3.8, 4) is 0 Å². The molecule has 0 aromatic carbocycles. The monoisotopic (exact) mass is 192 g/mol. The van der Waals surface area contributed by atoms with Crippen LogP contribution in [0.4, 0.5) is 13.2 Å². The summed E-state index contributed by atoms with van der Waals surface area (Å²) in [6.45, 7) is 3.33. The van der Waals surface area contributed by atoms with Crippen LogP contribution < -0.4 is 0 Å². The highest BCUT2D eigenvalue weighted by atomic mass is 19.4. The van der Waals surface area contributed by atoms with Gasteiger partial charge in [0.05, 0.1) is 6.42 Å². The second-order valence-electron chi connectivity index (χ2n) is 2.37. The van der Waals surface area contributed by atoms with Crippen molar-refractivity contribution < 1.29 is 17.7 Å². The fourth-order valence-electron chi connectivity index (χ4n) is 0.705. The van der Waals surface area contributed by atoms with Gasteiger partial charge < -0.3 is 4.52 Å². The van der Waals surface area contributed by atoms with Crippen molar-refractivity contribution in [3.63, 3.8) is 0 Å². The lowest BCUT2D eigenvalue weighted by atomic mass is 10.3. The van der Waals surface area contributed by atoms with Gasteiger partial charge in [0.25, 0.3) is 0 Å². The molecule has 0 spiro atoms. The standard InChI is InChI=1S/C7H7F3N2O/c1-2-6-11-5(12-13-6)3-4-7(8,9)10/h2H,1,3-4H2. The molecule has 1 aromatic heterocycles. The smallest absolute Gasteiger partial charge is 0.335 e. The van der Waals surface area contributed by atoms with Crippen molar-refractivity contribution >= 4 is 6.08 Å². The minimum atomic E-state index is -4.19. The van der Waals surface area contributed by atoms with E-state index in [4.69, 9.17) is 0 Å². The maximum atomic E-state index is 11.7. The van der Waals surface area contributed by atoms with E-state index in [1.165, 1.54) is 6.08 Å². The molecule has 0 unspecified atom stereocenters. The summed E-state index contributed by atoms with van der Waals surface area (Å²) < 4.78 is 39.7. The third-order valence-electron chi connectivity index (χ3n) is 1.29. The number of halogens is 3. The minimum absolute atomic E-state index is 0.0484. The Morgan fingerprint density at radius 2 is 2.15 bits per heavy atom. The lowest BCUT2D eigenvalue weighted by Crippen LogP contribution is -2.09. The van der Waals surface area contributed by atoms with E-state index < -0.39 is 12.6 Å². The summed E-state index contributed by atoms with van der Waals surface area (Å²) in [4.78, 5) is 3.64. The highest BCUT2D eigenvalue weighted by molar-refractivity contribution is 5.32. The molecule has 0 fully saturated rings. The van der Waals surface area contributed by atoms with Crippen LogP contribution in [-0.4, -0.2) is 16.3 Å². The number of rotatable bonds is 3. The molecule has 1 rings (SSSR count). The molecule has 3 nitrogen and oxygen atoms in total. The van der Waals surface area contributed by atoms with Crippen LogP contribution in [0.15, 0.2) is 11.1 Å². The number of hydrogen-bond donors (Lipinski definition) is 0. The van der Waals surface area contributed by atoms with Crippen molar-refractivity contribution in [1.82, 2.24) is 10.1 Å². The lowest BCUT2D eigenvalue weighted by molar-refractivity contribution is -0.134. The Bertz CT molecular complexity index is 292. The lowest BCUT2D eigenvalue weighted by Gasteiger charge is -2.01. The van der Waals surface area contributed by atoms with E-state index in [2.05, 4.69) is 21.2 Å². The summed E-state index contributed by atoms with van der Waals surface area (Å²) in [5.74, 6) is 0.185. The van der Waals surface area contributed by atoms with Crippen molar-refractivity contribution in [2.75, 3.05) is 0 Å². The highest BCUT2D eigenvalue weighted by Crippen LogP contribution is 2.21. The van der Waals surface area contributed by atoms with Gasteiger partial charge in [0.2, 0.25) is 5.89 Å². The molecule has 0 bridgehead atoms. The molecule has 0 atom stereocenters. The normalized spacial score (nSPS) is 11.6. The summed E-state index contributed by atoms with van der Waals surface area (Å²) in [5, 5.41) is 3.33. The fraction of sp³-hybridized carbons (Fsp3) is 0.429. The molecule has 0 aliphatic heterocycles. The topological polar surface area (TPSA) is 38.9 Å². The molecule has 0 amide bonds. The molecule has 0 radical (unpaired) electrons. The SMILES string of the molecule is C=Cc1nc(CCC(F)(F)F)no1. The minimum Gasteiger partial charge on any atom is -0.335 e. The summed E-state index contributed by atoms with van der Waals surface area (Å²) in [6, 6.07) is 0. The Morgan fingerprint density at radius 3 is 2.62 bits per heavy atom. The van der Waals surface area contributed by atoms with E-state index >= 15 is 0 Å². The molecule has 6 heteroatoms. The Balaban J connectivity index is 2.50. The Hall–Kier alpha value is -1.33. The molecule has 0 saturated carbocycles. The second kappa shape index (κ2) is 3.59. The van der Waals surface area contributed by atoms with Gasteiger partial charge in [-0.1, -0.05) is 11.7 Å². The van der Waals surface area contributed by atoms with Crippen LogP contribution in [0.1, 0.15) is 18.1 Å². The van der Waals surface area contributed by atoms with Crippen LogP contribution in [0, 0.1) is 0 Å². The van der Waals surface area contributed by atoms with Gasteiger partial charge in [-0.15, -0.1) is 0 Å². The zero-order valence-electron chi connectivity index (χ0n) is 6.64. The first kappa shape index (κ1) is 9.76. The van der Waals surface area contributed by atoms with Crippen LogP contribution >= 0.6 is 0 Å². The zero-order chi connectivity index (χ0) is 9.90. The predicted octanol–water partition coefficient (Wildman–Crippen LogP) is 2.21. The van der Waals surface area contributed by atoms with Gasteiger partial charge in [-0.3, -0.25) is 0 Å². The van der Waals surface area contributed by atoms with Gasteiger partial charge in [-0.05, 0) is 6.08 Å². The number of alkyl halides is 3. The molecule has 0 aliphatic carbocycles. The Kier molecular flexibility index (Phi) is 2.69. The summed E-state index contributed by atoms with van der Waals surface area (Å²) in [5.41, 5.74) is 0. The van der Waals surface area contributed by atoms with Gasteiger partial charge in [0.1, 0.15) is 0 Å². The van der Waals surface area contributed by atoms with E-state index in [1.807, 2.05) is 0 Å². The third-order valence-corrected chi connectivity index (χ3v) is 1.29. The molecule has 0 saturated heterocycles. The second-order valence-corrected chi connectivity index (χ2v) is 2.37. The Morgan fingerprint density at radius 1 is 1.46 bits per heavy atom. The Labute approximate surface area is 72.2 Å². The number of aryl methyl sites for hydroxylation is 1. The van der Waals surface area contributed by atoms with Crippen LogP contribution in [0.3, 0.4) is 0 Å². The molecule has 1 aromatic rings. The first-order valence-electron chi connectivity index (χ1n) is 3.53. The van der Waals surface area contributed by atoms with Gasteiger partial charge >= 0.3 is 6.18 Å². The number of hydrogen-bond acceptors (Lipinski definition) is 3. The van der Waals surface area contributed by atoms with Gasteiger partial charge in [-0.2, -0.15) is 18.2 Å². The first-order chi connectivity index (χ1) is 6.01. The van der Waals surface area contributed by atoms with Crippen molar-refractivity contribution in [3.05, 3.63) is 18.3 Å². The van der Waals surface area contributed by atoms with Gasteiger partial charge in [-0.25, -0.2) is 0 Å². The predicted molar refractivity (Wildman–Crippen MR) is 38.8 cm³/mol. The van der Waals surface area contributed by atoms with E-state index in [0.717, 1.165) is 0 Å². The van der Waals surface area contributed by atoms with E-state index in [-0.39, 0.29) is 18.1 Å². The van der Waals surface area contributed by atoms with E-state index in [9.17, 15) is 13.2 Å². The van der Waals surface area contributed by atoms with E-state index in [1.54, 1.807) is 0 Å². The van der Waals surface area contributed by atoms with Crippen LogP contribution in [-0.2, 0) is 6.42 Å². The van der Waals surface area contributed by atoms with Gasteiger partial charge in [0, 0.05) is 6.42 Å². The van der Waals surface area contributed by atoms with Gasteiger partial charge in [0.15, 0.2) is 5.82 Å². The molecular weight excluding hydrogens is 185 g/mol. The molecular formula is C7H7F3N2O. The summed E-state index contributed by atoms with van der Waals surface area (Å²) >= 11 is 0. The fourth-order valence-corrected chi connectivity index (χ4v) is 0.705. The molecule has 0 aliphatic rings. The molecule has 72 valence electrons. The molecule has 1 heterocycles.